The molecule has 0 bridgehead atoms. The first kappa shape index (κ1) is 20.6. The van der Waals surface area contributed by atoms with Crippen LogP contribution >= 0.6 is 11.3 Å². The summed E-state index contributed by atoms with van der Waals surface area (Å²) in [5, 5.41) is 12.2. The summed E-state index contributed by atoms with van der Waals surface area (Å²) in [7, 11) is 1.64. The van der Waals surface area contributed by atoms with Crippen molar-refractivity contribution in [3.63, 3.8) is 0 Å². The first-order chi connectivity index (χ1) is 14.6. The second-order valence-electron chi connectivity index (χ2n) is 7.41. The Hall–Kier alpha value is -2.71. The van der Waals surface area contributed by atoms with Crippen molar-refractivity contribution in [3.05, 3.63) is 58.3 Å². The second kappa shape index (κ2) is 8.97. The van der Waals surface area contributed by atoms with Crippen molar-refractivity contribution in [2.24, 2.45) is 0 Å². The van der Waals surface area contributed by atoms with E-state index >= 15 is 0 Å². The van der Waals surface area contributed by atoms with Gasteiger partial charge in [-0.25, -0.2) is 15.0 Å². The van der Waals surface area contributed by atoms with Crippen LogP contribution in [0.15, 0.2) is 42.7 Å². The summed E-state index contributed by atoms with van der Waals surface area (Å²) < 4.78 is 11.1. The van der Waals surface area contributed by atoms with Gasteiger partial charge in [0.05, 0.1) is 17.7 Å². The van der Waals surface area contributed by atoms with Gasteiger partial charge in [-0.1, -0.05) is 0 Å². The number of hydrogen-bond donors (Lipinski definition) is 1. The number of nitrogens with zero attached hydrogens (tertiary/aromatic N) is 4. The van der Waals surface area contributed by atoms with Crippen molar-refractivity contribution >= 4 is 17.3 Å². The van der Waals surface area contributed by atoms with E-state index in [-0.39, 0.29) is 0 Å². The van der Waals surface area contributed by atoms with Gasteiger partial charge in [0, 0.05) is 31.9 Å². The Balaban J connectivity index is 1.43. The van der Waals surface area contributed by atoms with Crippen LogP contribution in [-0.2, 0) is 12.2 Å². The van der Waals surface area contributed by atoms with E-state index in [1.807, 2.05) is 37.3 Å². The molecule has 1 saturated heterocycles. The number of hydrogen-bond acceptors (Lipinski definition) is 8. The van der Waals surface area contributed by atoms with Crippen LogP contribution in [0.3, 0.4) is 0 Å². The summed E-state index contributed by atoms with van der Waals surface area (Å²) in [6.45, 7) is 3.91. The lowest BCUT2D eigenvalue weighted by atomic mass is 9.96. The molecule has 0 aliphatic carbocycles. The third-order valence-electron chi connectivity index (χ3n) is 5.37. The highest BCUT2D eigenvalue weighted by molar-refractivity contribution is 7.11. The van der Waals surface area contributed by atoms with E-state index in [2.05, 4.69) is 14.9 Å². The fraction of sp³-hybridized carbons (Fsp3) is 0.409. The Morgan fingerprint density at radius 2 is 1.83 bits per heavy atom. The molecule has 3 heterocycles. The number of aliphatic hydroxyl groups is 1. The normalized spacial score (nSPS) is 19.4. The van der Waals surface area contributed by atoms with Crippen molar-refractivity contribution < 1.29 is 14.6 Å². The van der Waals surface area contributed by atoms with Gasteiger partial charge >= 0.3 is 0 Å². The molecule has 8 heteroatoms. The predicted molar refractivity (Wildman–Crippen MR) is 116 cm³/mol. The summed E-state index contributed by atoms with van der Waals surface area (Å²) in [6.07, 6.45) is 5.61. The van der Waals surface area contributed by atoms with E-state index in [9.17, 15) is 5.11 Å². The molecule has 0 amide bonds. The number of thiazole rings is 1. The topological polar surface area (TPSA) is 80.6 Å². The lowest BCUT2D eigenvalue weighted by Gasteiger charge is -2.24. The highest BCUT2D eigenvalue weighted by Crippen LogP contribution is 2.37. The molecule has 0 unspecified atom stereocenters. The first-order valence-corrected chi connectivity index (χ1v) is 10.9. The van der Waals surface area contributed by atoms with Gasteiger partial charge in [0.25, 0.3) is 0 Å². The average molecular weight is 427 g/mol. The van der Waals surface area contributed by atoms with E-state index in [0.29, 0.717) is 31.9 Å². The monoisotopic (exact) mass is 426 g/mol. The Morgan fingerprint density at radius 3 is 2.57 bits per heavy atom. The predicted octanol–water partition coefficient (Wildman–Crippen LogP) is 3.71. The quantitative estimate of drug-likeness (QED) is 0.644. The van der Waals surface area contributed by atoms with Gasteiger partial charge in [-0.3, -0.25) is 0 Å². The zero-order valence-electron chi connectivity index (χ0n) is 17.2. The maximum atomic E-state index is 11.4. The molecular weight excluding hydrogens is 400 g/mol. The molecule has 3 aromatic rings. The standard InChI is InChI=1S/C22H26N4O3S/c1-16-19(15-29-18-7-5-17(28-2)6-8-18)30-20(25-16)22(27)9-3-13-26(14-10-22)21-23-11-4-12-24-21/h4-8,11-12,27H,3,9-10,13-15H2,1-2H3/t22-/m1/s1. The van der Waals surface area contributed by atoms with Crippen molar-refractivity contribution in [1.82, 2.24) is 15.0 Å². The van der Waals surface area contributed by atoms with Gasteiger partial charge in [-0.15, -0.1) is 11.3 Å². The molecular formula is C22H26N4O3S. The molecule has 1 aliphatic heterocycles. The van der Waals surface area contributed by atoms with Crippen LogP contribution in [0.4, 0.5) is 5.95 Å². The van der Waals surface area contributed by atoms with Gasteiger partial charge in [0.15, 0.2) is 0 Å². The minimum atomic E-state index is -0.933. The van der Waals surface area contributed by atoms with E-state index in [1.165, 1.54) is 11.3 Å². The Kier molecular flexibility index (Phi) is 6.15. The molecule has 1 aliphatic rings. The van der Waals surface area contributed by atoms with E-state index in [4.69, 9.17) is 14.5 Å². The average Bonchev–Trinajstić information content (AvgIpc) is 3.04. The van der Waals surface area contributed by atoms with Crippen LogP contribution in [-0.4, -0.2) is 40.3 Å². The van der Waals surface area contributed by atoms with Crippen LogP contribution in [0.5, 0.6) is 11.5 Å². The summed E-state index contributed by atoms with van der Waals surface area (Å²) in [6, 6.07) is 9.32. The van der Waals surface area contributed by atoms with Crippen LogP contribution in [0.1, 0.15) is 34.8 Å². The van der Waals surface area contributed by atoms with Gasteiger partial charge in [-0.05, 0) is 50.1 Å². The molecule has 30 heavy (non-hydrogen) atoms. The zero-order valence-corrected chi connectivity index (χ0v) is 18.1. The van der Waals surface area contributed by atoms with Crippen molar-refractivity contribution in [1.29, 1.82) is 0 Å². The Morgan fingerprint density at radius 1 is 1.10 bits per heavy atom. The minimum absolute atomic E-state index is 0.426. The molecule has 0 spiro atoms. The molecule has 1 N–H and O–H groups in total. The Labute approximate surface area is 180 Å². The first-order valence-electron chi connectivity index (χ1n) is 10.1. The smallest absolute Gasteiger partial charge is 0.225 e. The van der Waals surface area contributed by atoms with Crippen molar-refractivity contribution in [3.8, 4) is 11.5 Å². The van der Waals surface area contributed by atoms with Crippen LogP contribution in [0, 0.1) is 6.92 Å². The number of rotatable bonds is 6. The molecule has 2 aromatic heterocycles. The third-order valence-corrected chi connectivity index (χ3v) is 6.69. The van der Waals surface area contributed by atoms with Gasteiger partial charge in [0.1, 0.15) is 28.7 Å². The fourth-order valence-electron chi connectivity index (χ4n) is 3.57. The molecule has 158 valence electrons. The summed E-state index contributed by atoms with van der Waals surface area (Å²) in [5.41, 5.74) is -0.0263. The van der Waals surface area contributed by atoms with Gasteiger partial charge in [-0.2, -0.15) is 0 Å². The molecule has 7 nitrogen and oxygen atoms in total. The van der Waals surface area contributed by atoms with Crippen LogP contribution in [0.2, 0.25) is 0 Å². The second-order valence-corrected chi connectivity index (χ2v) is 8.50. The summed E-state index contributed by atoms with van der Waals surface area (Å²) >= 11 is 1.54. The zero-order chi connectivity index (χ0) is 21.0. The number of benzene rings is 1. The molecule has 0 saturated carbocycles. The third kappa shape index (κ3) is 4.55. The largest absolute Gasteiger partial charge is 0.497 e. The molecule has 1 fully saturated rings. The SMILES string of the molecule is COc1ccc(OCc2sc([C@@]3(O)CCCN(c4ncccn4)CC3)nc2C)cc1. The van der Waals surface area contributed by atoms with E-state index < -0.39 is 5.60 Å². The van der Waals surface area contributed by atoms with E-state index in [1.54, 1.807) is 19.5 Å². The lowest BCUT2D eigenvalue weighted by Crippen LogP contribution is -2.30. The number of ether oxygens (including phenoxy) is 2. The number of aromatic nitrogens is 3. The molecule has 1 aromatic carbocycles. The van der Waals surface area contributed by atoms with Crippen molar-refractivity contribution in [2.45, 2.75) is 38.4 Å². The van der Waals surface area contributed by atoms with Crippen molar-refractivity contribution in [2.75, 3.05) is 25.1 Å². The van der Waals surface area contributed by atoms with Crippen LogP contribution < -0.4 is 14.4 Å². The number of methoxy groups -OCH3 is 1. The van der Waals surface area contributed by atoms with Crippen LogP contribution in [0.25, 0.3) is 0 Å². The molecule has 0 radical (unpaired) electrons. The molecule has 1 atom stereocenters. The fourth-order valence-corrected chi connectivity index (χ4v) is 4.69. The molecule has 4 rings (SSSR count). The van der Waals surface area contributed by atoms with Gasteiger partial charge < -0.3 is 19.5 Å². The maximum absolute atomic E-state index is 11.4. The Bertz CT molecular complexity index is 964. The van der Waals surface area contributed by atoms with Gasteiger partial charge in [0.2, 0.25) is 5.95 Å². The highest BCUT2D eigenvalue weighted by atomic mass is 32.1. The lowest BCUT2D eigenvalue weighted by molar-refractivity contribution is 0.0241. The number of aryl methyl sites for hydroxylation is 1. The number of anilines is 1. The summed E-state index contributed by atoms with van der Waals surface area (Å²) in [5.74, 6) is 2.28. The van der Waals surface area contributed by atoms with E-state index in [0.717, 1.165) is 40.0 Å². The highest BCUT2D eigenvalue weighted by Gasteiger charge is 2.36. The summed E-state index contributed by atoms with van der Waals surface area (Å²) in [4.78, 5) is 16.5. The minimum Gasteiger partial charge on any atom is -0.497 e. The maximum Gasteiger partial charge on any atom is 0.225 e.